The van der Waals surface area contributed by atoms with Gasteiger partial charge in [-0.3, -0.25) is 4.79 Å². The predicted octanol–water partition coefficient (Wildman–Crippen LogP) is -0.167. The minimum Gasteiger partial charge on any atom is -0.368 e. The fourth-order valence-corrected chi connectivity index (χ4v) is 1.26. The maximum absolute atomic E-state index is 10.7. The zero-order valence-electron chi connectivity index (χ0n) is 5.69. The number of amides is 1. The van der Waals surface area contributed by atoms with Gasteiger partial charge in [0.1, 0.15) is 4.87 Å². The molecule has 0 aromatic carbocycles. The van der Waals surface area contributed by atoms with E-state index in [9.17, 15) is 4.79 Å². The van der Waals surface area contributed by atoms with Gasteiger partial charge in [0, 0.05) is 0 Å². The monoisotopic (exact) mass is 162 g/mol. The fraction of sp³-hybridized carbons (Fsp3) is 0.833. The van der Waals surface area contributed by atoms with Gasteiger partial charge in [0.2, 0.25) is 5.91 Å². The van der Waals surface area contributed by atoms with Gasteiger partial charge in [-0.05, 0) is 25.9 Å². The van der Waals surface area contributed by atoms with Crippen molar-refractivity contribution in [2.75, 3.05) is 13.1 Å². The van der Waals surface area contributed by atoms with E-state index in [1.54, 1.807) is 0 Å². The number of piperidine rings is 1. The third kappa shape index (κ3) is 1.41. The van der Waals surface area contributed by atoms with Crippen LogP contribution < -0.4 is 11.1 Å². The second kappa shape index (κ2) is 2.76. The molecule has 1 aliphatic rings. The maximum Gasteiger partial charge on any atom is 0.238 e. The smallest absolute Gasteiger partial charge is 0.238 e. The number of carbonyl (C=O) groups excluding carboxylic acids is 1. The number of halogens is 1. The second-order valence-corrected chi connectivity index (χ2v) is 3.30. The Labute approximate surface area is 64.9 Å². The van der Waals surface area contributed by atoms with Crippen LogP contribution in [0.4, 0.5) is 0 Å². The molecule has 1 amide bonds. The van der Waals surface area contributed by atoms with Gasteiger partial charge < -0.3 is 11.1 Å². The van der Waals surface area contributed by atoms with Gasteiger partial charge in [0.25, 0.3) is 0 Å². The van der Waals surface area contributed by atoms with E-state index in [0.717, 1.165) is 13.1 Å². The molecule has 1 rings (SSSR count). The maximum atomic E-state index is 10.7. The van der Waals surface area contributed by atoms with Crippen LogP contribution in [0.5, 0.6) is 0 Å². The molecular formula is C6H11ClN2O. The van der Waals surface area contributed by atoms with Crippen molar-refractivity contribution in [3.63, 3.8) is 0 Å². The van der Waals surface area contributed by atoms with Gasteiger partial charge in [0.15, 0.2) is 0 Å². The Morgan fingerprint density at radius 3 is 2.30 bits per heavy atom. The fourth-order valence-electron chi connectivity index (χ4n) is 1.07. The van der Waals surface area contributed by atoms with Crippen LogP contribution in [0.25, 0.3) is 0 Å². The molecule has 0 aromatic heterocycles. The molecule has 0 saturated carbocycles. The van der Waals surface area contributed by atoms with E-state index in [0.29, 0.717) is 12.8 Å². The van der Waals surface area contributed by atoms with Crippen molar-refractivity contribution < 1.29 is 4.79 Å². The van der Waals surface area contributed by atoms with E-state index in [4.69, 9.17) is 17.3 Å². The number of carbonyl (C=O) groups is 1. The first kappa shape index (κ1) is 7.82. The summed E-state index contributed by atoms with van der Waals surface area (Å²) in [7, 11) is 0. The van der Waals surface area contributed by atoms with E-state index in [1.165, 1.54) is 0 Å². The van der Waals surface area contributed by atoms with Crippen molar-refractivity contribution in [3.8, 4) is 0 Å². The minimum absolute atomic E-state index is 0.393. The highest BCUT2D eigenvalue weighted by molar-refractivity contribution is 6.34. The molecule has 0 aliphatic carbocycles. The number of hydrogen-bond donors (Lipinski definition) is 2. The minimum atomic E-state index is -0.773. The number of alkyl halides is 1. The van der Waals surface area contributed by atoms with E-state index in [-0.39, 0.29) is 0 Å². The van der Waals surface area contributed by atoms with Crippen LogP contribution in [0.1, 0.15) is 12.8 Å². The molecule has 58 valence electrons. The normalized spacial score (nSPS) is 24.1. The standard InChI is InChI=1S/C6H11ClN2O/c7-6(5(8)10)1-3-9-4-2-6/h9H,1-4H2,(H2,8,10). The van der Waals surface area contributed by atoms with Crippen LogP contribution in [0.3, 0.4) is 0 Å². The molecule has 1 aliphatic heterocycles. The highest BCUT2D eigenvalue weighted by Gasteiger charge is 2.35. The molecule has 0 radical (unpaired) electrons. The summed E-state index contributed by atoms with van der Waals surface area (Å²) in [4.78, 5) is 9.97. The van der Waals surface area contributed by atoms with Gasteiger partial charge >= 0.3 is 0 Å². The lowest BCUT2D eigenvalue weighted by Gasteiger charge is -2.27. The topological polar surface area (TPSA) is 55.1 Å². The van der Waals surface area contributed by atoms with E-state index >= 15 is 0 Å². The lowest BCUT2D eigenvalue weighted by Crippen LogP contribution is -2.46. The Hall–Kier alpha value is -0.280. The zero-order valence-corrected chi connectivity index (χ0v) is 6.45. The van der Waals surface area contributed by atoms with Crippen LogP contribution in [-0.4, -0.2) is 23.9 Å². The van der Waals surface area contributed by atoms with Crippen LogP contribution in [-0.2, 0) is 4.79 Å². The molecule has 4 heteroatoms. The van der Waals surface area contributed by atoms with E-state index < -0.39 is 10.8 Å². The summed E-state index contributed by atoms with van der Waals surface area (Å²) >= 11 is 5.90. The molecule has 3 nitrogen and oxygen atoms in total. The second-order valence-electron chi connectivity index (χ2n) is 2.58. The molecule has 1 fully saturated rings. The molecule has 0 bridgehead atoms. The molecule has 0 spiro atoms. The Balaban J connectivity index is 2.56. The third-order valence-corrected chi connectivity index (χ3v) is 2.40. The first-order valence-electron chi connectivity index (χ1n) is 3.35. The van der Waals surface area contributed by atoms with Crippen LogP contribution >= 0.6 is 11.6 Å². The molecule has 0 aromatic rings. The average molecular weight is 163 g/mol. The summed E-state index contributed by atoms with van der Waals surface area (Å²) in [6.07, 6.45) is 1.29. The van der Waals surface area contributed by atoms with Crippen LogP contribution in [0.15, 0.2) is 0 Å². The van der Waals surface area contributed by atoms with Crippen molar-refractivity contribution in [2.24, 2.45) is 5.73 Å². The Bertz CT molecular complexity index is 143. The van der Waals surface area contributed by atoms with Crippen molar-refractivity contribution in [3.05, 3.63) is 0 Å². The zero-order chi connectivity index (χ0) is 7.61. The summed E-state index contributed by atoms with van der Waals surface area (Å²) in [5.74, 6) is -0.393. The van der Waals surface area contributed by atoms with Gasteiger partial charge in [-0.1, -0.05) is 0 Å². The number of nitrogens with two attached hydrogens (primary N) is 1. The van der Waals surface area contributed by atoms with Gasteiger partial charge in [-0.25, -0.2) is 0 Å². The van der Waals surface area contributed by atoms with Gasteiger partial charge in [0.05, 0.1) is 0 Å². The highest BCUT2D eigenvalue weighted by atomic mass is 35.5. The Morgan fingerprint density at radius 2 is 2.00 bits per heavy atom. The summed E-state index contributed by atoms with van der Waals surface area (Å²) in [6, 6.07) is 0. The summed E-state index contributed by atoms with van der Waals surface area (Å²) < 4.78 is 0. The first-order valence-corrected chi connectivity index (χ1v) is 3.72. The molecule has 3 N–H and O–H groups in total. The van der Waals surface area contributed by atoms with Crippen LogP contribution in [0, 0.1) is 0 Å². The first-order chi connectivity index (χ1) is 4.65. The summed E-state index contributed by atoms with van der Waals surface area (Å²) in [6.45, 7) is 1.57. The largest absolute Gasteiger partial charge is 0.368 e. The van der Waals surface area contributed by atoms with Crippen LogP contribution in [0.2, 0.25) is 0 Å². The Morgan fingerprint density at radius 1 is 1.50 bits per heavy atom. The number of nitrogens with one attached hydrogen (secondary N) is 1. The molecule has 10 heavy (non-hydrogen) atoms. The summed E-state index contributed by atoms with van der Waals surface area (Å²) in [5, 5.41) is 3.10. The lowest BCUT2D eigenvalue weighted by atomic mass is 9.96. The SMILES string of the molecule is NC(=O)C1(Cl)CCNCC1. The quantitative estimate of drug-likeness (QED) is 0.527. The van der Waals surface area contributed by atoms with Gasteiger partial charge in [-0.2, -0.15) is 0 Å². The molecule has 1 saturated heterocycles. The van der Waals surface area contributed by atoms with Crippen molar-refractivity contribution >= 4 is 17.5 Å². The number of primary amides is 1. The number of rotatable bonds is 1. The Kier molecular flexibility index (Phi) is 2.16. The predicted molar refractivity (Wildman–Crippen MR) is 39.9 cm³/mol. The van der Waals surface area contributed by atoms with Crippen molar-refractivity contribution in [2.45, 2.75) is 17.7 Å². The van der Waals surface area contributed by atoms with Crippen molar-refractivity contribution in [1.82, 2.24) is 5.32 Å². The molecule has 1 heterocycles. The van der Waals surface area contributed by atoms with Crippen molar-refractivity contribution in [1.29, 1.82) is 0 Å². The molecule has 0 atom stereocenters. The third-order valence-electron chi connectivity index (χ3n) is 1.84. The van der Waals surface area contributed by atoms with E-state index in [1.807, 2.05) is 0 Å². The lowest BCUT2D eigenvalue weighted by molar-refractivity contribution is -0.121. The van der Waals surface area contributed by atoms with Gasteiger partial charge in [-0.15, -0.1) is 11.6 Å². The molecular weight excluding hydrogens is 152 g/mol. The highest BCUT2D eigenvalue weighted by Crippen LogP contribution is 2.25. The molecule has 0 unspecified atom stereocenters. The summed E-state index contributed by atoms with van der Waals surface area (Å²) in [5.41, 5.74) is 5.10. The average Bonchev–Trinajstić information content (AvgIpc) is 1.89. The number of hydrogen-bond acceptors (Lipinski definition) is 2. The van der Waals surface area contributed by atoms with E-state index in [2.05, 4.69) is 5.32 Å².